The third kappa shape index (κ3) is 5.98. The molecule has 0 radical (unpaired) electrons. The molecule has 6 heteroatoms. The van der Waals surface area contributed by atoms with Crippen molar-refractivity contribution in [3.8, 4) is 0 Å². The summed E-state index contributed by atoms with van der Waals surface area (Å²) < 4.78 is 32.0. The fourth-order valence-corrected chi connectivity index (χ4v) is 3.31. The Labute approximate surface area is 179 Å². The average Bonchev–Trinajstić information content (AvgIpc) is 2.79. The van der Waals surface area contributed by atoms with Crippen LogP contribution in [0.1, 0.15) is 45.5 Å². The van der Waals surface area contributed by atoms with Crippen molar-refractivity contribution in [3.05, 3.63) is 107 Å². The molecule has 0 spiro atoms. The number of halogens is 2. The Hall–Kier alpha value is -3.54. The molecule has 0 heterocycles. The van der Waals surface area contributed by atoms with E-state index in [0.29, 0.717) is 12.0 Å². The summed E-state index contributed by atoms with van der Waals surface area (Å²) in [5.41, 5.74) is 1.49. The smallest absolute Gasteiger partial charge is 0.338 e. The quantitative estimate of drug-likeness (QED) is 0.512. The molecule has 1 amide bonds. The third-order valence-electron chi connectivity index (χ3n) is 5.01. The minimum atomic E-state index is -0.558. The summed E-state index contributed by atoms with van der Waals surface area (Å²) in [5, 5.41) is 2.85. The number of benzene rings is 3. The maximum Gasteiger partial charge on any atom is 0.338 e. The molecule has 3 rings (SSSR count). The average molecular weight is 423 g/mol. The summed E-state index contributed by atoms with van der Waals surface area (Å²) in [4.78, 5) is 25.1. The second-order valence-electron chi connectivity index (χ2n) is 7.09. The topological polar surface area (TPSA) is 55.4 Å². The van der Waals surface area contributed by atoms with E-state index in [1.807, 2.05) is 37.3 Å². The van der Waals surface area contributed by atoms with Crippen molar-refractivity contribution < 1.29 is 23.1 Å². The second kappa shape index (κ2) is 10.5. The van der Waals surface area contributed by atoms with Crippen molar-refractivity contribution in [3.63, 3.8) is 0 Å². The van der Waals surface area contributed by atoms with Gasteiger partial charge in [-0.2, -0.15) is 0 Å². The Morgan fingerprint density at radius 1 is 0.839 bits per heavy atom. The first-order valence-electron chi connectivity index (χ1n) is 10.0. The first-order chi connectivity index (χ1) is 15.0. The fraction of sp³-hybridized carbons (Fsp3) is 0.200. The number of esters is 1. The van der Waals surface area contributed by atoms with Gasteiger partial charge in [0.1, 0.15) is 17.7 Å². The van der Waals surface area contributed by atoms with Crippen LogP contribution in [-0.2, 0) is 4.74 Å². The zero-order valence-electron chi connectivity index (χ0n) is 17.1. The normalized spacial score (nSPS) is 12.6. The van der Waals surface area contributed by atoms with Crippen LogP contribution in [0.15, 0.2) is 78.9 Å². The molecule has 3 aromatic rings. The molecule has 0 bridgehead atoms. The highest BCUT2D eigenvalue weighted by molar-refractivity contribution is 5.94. The summed E-state index contributed by atoms with van der Waals surface area (Å²) in [7, 11) is 0. The van der Waals surface area contributed by atoms with Gasteiger partial charge in [-0.25, -0.2) is 13.6 Å². The lowest BCUT2D eigenvalue weighted by Crippen LogP contribution is -2.35. The Morgan fingerprint density at radius 3 is 1.94 bits per heavy atom. The van der Waals surface area contributed by atoms with Gasteiger partial charge in [0.15, 0.2) is 0 Å². The van der Waals surface area contributed by atoms with Crippen LogP contribution in [0.5, 0.6) is 0 Å². The lowest BCUT2D eigenvalue weighted by atomic mass is 9.91. The third-order valence-corrected chi connectivity index (χ3v) is 5.01. The van der Waals surface area contributed by atoms with Gasteiger partial charge in [0.25, 0.3) is 5.91 Å². The molecule has 0 aromatic heterocycles. The van der Waals surface area contributed by atoms with E-state index in [1.165, 1.54) is 48.5 Å². The SMILES string of the molecule is CCC(OC(=O)c1ccc(F)cc1)C(CNC(=O)c1ccc(F)cc1)c1ccccc1. The molecule has 2 unspecified atom stereocenters. The summed E-state index contributed by atoms with van der Waals surface area (Å²) in [6, 6.07) is 19.9. The molecule has 0 saturated carbocycles. The maximum absolute atomic E-state index is 13.2. The first-order valence-corrected chi connectivity index (χ1v) is 10.0. The molecule has 0 saturated heterocycles. The standard InChI is InChI=1S/C25H23F2NO3/c1-2-23(31-25(30)19-10-14-21(27)15-11-19)22(17-6-4-3-5-7-17)16-28-24(29)18-8-12-20(26)13-9-18/h3-15,22-23H,2,16H2,1H3,(H,28,29). The molecule has 31 heavy (non-hydrogen) atoms. The molecular weight excluding hydrogens is 400 g/mol. The van der Waals surface area contributed by atoms with Crippen molar-refractivity contribution in [1.82, 2.24) is 5.32 Å². The van der Waals surface area contributed by atoms with Crippen molar-refractivity contribution in [1.29, 1.82) is 0 Å². The van der Waals surface area contributed by atoms with E-state index < -0.39 is 23.7 Å². The molecule has 160 valence electrons. The number of carbonyl (C=O) groups excluding carboxylic acids is 2. The highest BCUT2D eigenvalue weighted by atomic mass is 19.1. The summed E-state index contributed by atoms with van der Waals surface area (Å²) in [5.74, 6) is -2.06. The van der Waals surface area contributed by atoms with E-state index in [-0.39, 0.29) is 23.9 Å². The molecule has 1 N–H and O–H groups in total. The highest BCUT2D eigenvalue weighted by Gasteiger charge is 2.26. The van der Waals surface area contributed by atoms with Crippen LogP contribution in [0.4, 0.5) is 8.78 Å². The van der Waals surface area contributed by atoms with Crippen molar-refractivity contribution in [2.24, 2.45) is 0 Å². The van der Waals surface area contributed by atoms with E-state index >= 15 is 0 Å². The van der Waals surface area contributed by atoms with Crippen molar-refractivity contribution in [2.75, 3.05) is 6.54 Å². The molecule has 0 fully saturated rings. The lowest BCUT2D eigenvalue weighted by Gasteiger charge is -2.27. The van der Waals surface area contributed by atoms with Gasteiger partial charge in [-0.15, -0.1) is 0 Å². The first kappa shape index (κ1) is 22.2. The van der Waals surface area contributed by atoms with E-state index in [4.69, 9.17) is 4.74 Å². The van der Waals surface area contributed by atoms with Gasteiger partial charge >= 0.3 is 5.97 Å². The van der Waals surface area contributed by atoms with Crippen LogP contribution in [0, 0.1) is 11.6 Å². The van der Waals surface area contributed by atoms with Gasteiger partial charge in [0.05, 0.1) is 5.56 Å². The number of hydrogen-bond donors (Lipinski definition) is 1. The predicted octanol–water partition coefficient (Wildman–Crippen LogP) is 5.11. The van der Waals surface area contributed by atoms with Crippen LogP contribution in [-0.4, -0.2) is 24.5 Å². The van der Waals surface area contributed by atoms with Crippen molar-refractivity contribution in [2.45, 2.75) is 25.4 Å². The van der Waals surface area contributed by atoms with E-state index in [0.717, 1.165) is 5.56 Å². The number of carbonyl (C=O) groups is 2. The van der Waals surface area contributed by atoms with E-state index in [1.54, 1.807) is 0 Å². The molecule has 3 aromatic carbocycles. The molecule has 4 nitrogen and oxygen atoms in total. The largest absolute Gasteiger partial charge is 0.458 e. The van der Waals surface area contributed by atoms with Gasteiger partial charge in [-0.05, 0) is 60.5 Å². The van der Waals surface area contributed by atoms with Gasteiger partial charge in [0.2, 0.25) is 0 Å². The van der Waals surface area contributed by atoms with Crippen molar-refractivity contribution >= 4 is 11.9 Å². The number of hydrogen-bond acceptors (Lipinski definition) is 3. The summed E-state index contributed by atoms with van der Waals surface area (Å²) in [6.45, 7) is 2.11. The molecular formula is C25H23F2NO3. The minimum Gasteiger partial charge on any atom is -0.458 e. The Bertz CT molecular complexity index is 1010. The Kier molecular flexibility index (Phi) is 7.49. The van der Waals surface area contributed by atoms with Crippen LogP contribution in [0.2, 0.25) is 0 Å². The van der Waals surface area contributed by atoms with Gasteiger partial charge in [0, 0.05) is 18.0 Å². The fourth-order valence-electron chi connectivity index (χ4n) is 3.31. The minimum absolute atomic E-state index is 0.218. The number of ether oxygens (including phenoxy) is 1. The van der Waals surface area contributed by atoms with Gasteiger partial charge in [-0.3, -0.25) is 4.79 Å². The molecule has 2 atom stereocenters. The van der Waals surface area contributed by atoms with Crippen LogP contribution in [0.25, 0.3) is 0 Å². The monoisotopic (exact) mass is 423 g/mol. The molecule has 0 aliphatic heterocycles. The summed E-state index contributed by atoms with van der Waals surface area (Å²) in [6.07, 6.45) is -0.00712. The van der Waals surface area contributed by atoms with Crippen LogP contribution < -0.4 is 5.32 Å². The van der Waals surface area contributed by atoms with Gasteiger partial charge in [-0.1, -0.05) is 37.3 Å². The van der Waals surface area contributed by atoms with E-state index in [9.17, 15) is 18.4 Å². The zero-order chi connectivity index (χ0) is 22.2. The predicted molar refractivity (Wildman–Crippen MR) is 114 cm³/mol. The van der Waals surface area contributed by atoms with Crippen LogP contribution >= 0.6 is 0 Å². The zero-order valence-corrected chi connectivity index (χ0v) is 17.1. The van der Waals surface area contributed by atoms with Gasteiger partial charge < -0.3 is 10.1 Å². The molecule has 0 aliphatic rings. The Balaban J connectivity index is 1.76. The summed E-state index contributed by atoms with van der Waals surface area (Å²) >= 11 is 0. The molecule has 0 aliphatic carbocycles. The maximum atomic E-state index is 13.2. The van der Waals surface area contributed by atoms with E-state index in [2.05, 4.69) is 5.32 Å². The number of amides is 1. The Morgan fingerprint density at radius 2 is 1.39 bits per heavy atom. The highest BCUT2D eigenvalue weighted by Crippen LogP contribution is 2.25. The van der Waals surface area contributed by atoms with Crippen LogP contribution in [0.3, 0.4) is 0 Å². The second-order valence-corrected chi connectivity index (χ2v) is 7.09. The lowest BCUT2D eigenvalue weighted by molar-refractivity contribution is 0.0223. The number of nitrogens with one attached hydrogen (secondary N) is 1. The number of rotatable bonds is 8.